The first-order valence-electron chi connectivity index (χ1n) is 11.1. The van der Waals surface area contributed by atoms with Crippen molar-refractivity contribution in [3.8, 4) is 6.07 Å². The third kappa shape index (κ3) is 4.95. The standard InChI is InChI=1S/C25H33N5/c1-21-5-8-24(9-6-21)30-15-13-28(14-16-30)19-23-17-25(10-7-22(23)18-26)27(2)20-29-11-3-4-12-29/h5-10,17H,3-4,11-16,19-20H2,1-2H3. The quantitative estimate of drug-likeness (QED) is 0.735. The number of nitrogens with zero attached hydrogens (tertiary/aromatic N) is 5. The van der Waals surface area contributed by atoms with E-state index in [4.69, 9.17) is 0 Å². The molecule has 0 N–H and O–H groups in total. The first-order chi connectivity index (χ1) is 14.6. The van der Waals surface area contributed by atoms with Gasteiger partial charge in [0.25, 0.3) is 0 Å². The topological polar surface area (TPSA) is 36.8 Å². The third-order valence-electron chi connectivity index (χ3n) is 6.43. The van der Waals surface area contributed by atoms with Crippen molar-refractivity contribution in [1.82, 2.24) is 9.80 Å². The number of piperazine rings is 1. The van der Waals surface area contributed by atoms with E-state index in [1.165, 1.54) is 42.9 Å². The van der Waals surface area contributed by atoms with E-state index >= 15 is 0 Å². The van der Waals surface area contributed by atoms with Crippen LogP contribution in [0.2, 0.25) is 0 Å². The molecule has 0 aliphatic carbocycles. The molecule has 4 rings (SSSR count). The Labute approximate surface area is 181 Å². The lowest BCUT2D eigenvalue weighted by molar-refractivity contribution is 0.249. The van der Waals surface area contributed by atoms with Crippen LogP contribution in [0.5, 0.6) is 0 Å². The summed E-state index contributed by atoms with van der Waals surface area (Å²) in [6.45, 7) is 10.4. The van der Waals surface area contributed by atoms with Gasteiger partial charge in [0.05, 0.1) is 18.3 Å². The summed E-state index contributed by atoms with van der Waals surface area (Å²) in [6, 6.07) is 17.5. The normalized spacial score (nSPS) is 17.8. The molecule has 0 aromatic heterocycles. The molecule has 30 heavy (non-hydrogen) atoms. The van der Waals surface area contributed by atoms with Crippen molar-refractivity contribution < 1.29 is 0 Å². The number of rotatable bonds is 6. The number of hydrogen-bond donors (Lipinski definition) is 0. The molecule has 158 valence electrons. The Hall–Kier alpha value is -2.55. The molecule has 2 aliphatic heterocycles. The average Bonchev–Trinajstić information content (AvgIpc) is 3.28. The summed E-state index contributed by atoms with van der Waals surface area (Å²) in [7, 11) is 2.16. The zero-order chi connectivity index (χ0) is 20.9. The van der Waals surface area contributed by atoms with Crippen LogP contribution >= 0.6 is 0 Å². The number of anilines is 2. The number of hydrogen-bond acceptors (Lipinski definition) is 5. The molecular weight excluding hydrogens is 370 g/mol. The van der Waals surface area contributed by atoms with Crippen LogP contribution in [-0.2, 0) is 6.54 Å². The highest BCUT2D eigenvalue weighted by Crippen LogP contribution is 2.23. The summed E-state index contributed by atoms with van der Waals surface area (Å²) in [4.78, 5) is 9.75. The minimum absolute atomic E-state index is 0.800. The van der Waals surface area contributed by atoms with Crippen LogP contribution < -0.4 is 9.80 Å². The van der Waals surface area contributed by atoms with Gasteiger partial charge in [-0.15, -0.1) is 0 Å². The maximum Gasteiger partial charge on any atom is 0.0995 e. The van der Waals surface area contributed by atoms with Gasteiger partial charge in [0.1, 0.15) is 0 Å². The molecule has 2 aromatic rings. The lowest BCUT2D eigenvalue weighted by Crippen LogP contribution is -2.46. The number of likely N-dealkylation sites (tertiary alicyclic amines) is 1. The largest absolute Gasteiger partial charge is 0.369 e. The van der Waals surface area contributed by atoms with Crippen LogP contribution in [0.15, 0.2) is 42.5 Å². The average molecular weight is 404 g/mol. The van der Waals surface area contributed by atoms with E-state index < -0.39 is 0 Å². The second kappa shape index (κ2) is 9.51. The molecule has 0 radical (unpaired) electrons. The fourth-order valence-electron chi connectivity index (χ4n) is 4.52. The molecule has 0 spiro atoms. The Morgan fingerprint density at radius 1 is 0.900 bits per heavy atom. The van der Waals surface area contributed by atoms with E-state index in [9.17, 15) is 5.26 Å². The van der Waals surface area contributed by atoms with E-state index in [0.29, 0.717) is 0 Å². The van der Waals surface area contributed by atoms with Crippen molar-refractivity contribution in [2.24, 2.45) is 0 Å². The summed E-state index contributed by atoms with van der Waals surface area (Å²) >= 11 is 0. The molecule has 0 saturated carbocycles. The molecule has 0 amide bonds. The Morgan fingerprint density at radius 3 is 2.27 bits per heavy atom. The lowest BCUT2D eigenvalue weighted by atomic mass is 10.1. The van der Waals surface area contributed by atoms with Gasteiger partial charge in [-0.3, -0.25) is 9.80 Å². The van der Waals surface area contributed by atoms with Gasteiger partial charge in [-0.2, -0.15) is 5.26 Å². The number of aryl methyl sites for hydroxylation is 1. The zero-order valence-electron chi connectivity index (χ0n) is 18.3. The number of nitriles is 1. The van der Waals surface area contributed by atoms with Crippen molar-refractivity contribution >= 4 is 11.4 Å². The molecule has 0 unspecified atom stereocenters. The van der Waals surface area contributed by atoms with Gasteiger partial charge in [-0.05, 0) is 68.8 Å². The third-order valence-corrected chi connectivity index (χ3v) is 6.43. The first-order valence-corrected chi connectivity index (χ1v) is 11.1. The van der Waals surface area contributed by atoms with E-state index in [1.54, 1.807) is 0 Å². The maximum atomic E-state index is 9.62. The maximum absolute atomic E-state index is 9.62. The molecule has 5 nitrogen and oxygen atoms in total. The molecule has 2 heterocycles. The predicted molar refractivity (Wildman–Crippen MR) is 124 cm³/mol. The first kappa shape index (κ1) is 20.7. The summed E-state index contributed by atoms with van der Waals surface area (Å²) < 4.78 is 0. The second-order valence-corrected chi connectivity index (χ2v) is 8.72. The van der Waals surface area contributed by atoms with Gasteiger partial charge in [0.15, 0.2) is 0 Å². The van der Waals surface area contributed by atoms with Gasteiger partial charge in [0.2, 0.25) is 0 Å². The van der Waals surface area contributed by atoms with Gasteiger partial charge in [-0.1, -0.05) is 17.7 Å². The van der Waals surface area contributed by atoms with Crippen LogP contribution in [0, 0.1) is 18.3 Å². The molecule has 5 heteroatoms. The van der Waals surface area contributed by atoms with Crippen LogP contribution in [-0.4, -0.2) is 62.8 Å². The highest BCUT2D eigenvalue weighted by Gasteiger charge is 2.19. The highest BCUT2D eigenvalue weighted by atomic mass is 15.3. The van der Waals surface area contributed by atoms with Crippen molar-refractivity contribution in [3.63, 3.8) is 0 Å². The van der Waals surface area contributed by atoms with Crippen LogP contribution in [0.4, 0.5) is 11.4 Å². The molecule has 2 aromatic carbocycles. The van der Waals surface area contributed by atoms with E-state index in [2.05, 4.69) is 76.0 Å². The Kier molecular flexibility index (Phi) is 6.56. The van der Waals surface area contributed by atoms with E-state index in [0.717, 1.165) is 50.5 Å². The van der Waals surface area contributed by atoms with Crippen molar-refractivity contribution in [2.45, 2.75) is 26.3 Å². The lowest BCUT2D eigenvalue weighted by Gasteiger charge is -2.36. The predicted octanol–water partition coefficient (Wildman–Crippen LogP) is 3.68. The fraction of sp³-hybridized carbons (Fsp3) is 0.480. The van der Waals surface area contributed by atoms with Crippen molar-refractivity contribution in [2.75, 3.05) is 62.8 Å². The molecular formula is C25H33N5. The zero-order valence-corrected chi connectivity index (χ0v) is 18.3. The van der Waals surface area contributed by atoms with Crippen LogP contribution in [0.1, 0.15) is 29.5 Å². The Balaban J connectivity index is 1.38. The minimum Gasteiger partial charge on any atom is -0.369 e. The second-order valence-electron chi connectivity index (χ2n) is 8.72. The van der Waals surface area contributed by atoms with Crippen molar-refractivity contribution in [3.05, 3.63) is 59.2 Å². The molecule has 0 bridgehead atoms. The van der Waals surface area contributed by atoms with Gasteiger partial charge >= 0.3 is 0 Å². The van der Waals surface area contributed by atoms with E-state index in [-0.39, 0.29) is 0 Å². The Morgan fingerprint density at radius 2 is 1.60 bits per heavy atom. The van der Waals surface area contributed by atoms with Gasteiger partial charge in [0, 0.05) is 51.1 Å². The SMILES string of the molecule is Cc1ccc(N2CCN(Cc3cc(N(C)CN4CCCC4)ccc3C#N)CC2)cc1. The van der Waals surface area contributed by atoms with Crippen LogP contribution in [0.3, 0.4) is 0 Å². The minimum atomic E-state index is 0.800. The Bertz CT molecular complexity index is 871. The molecule has 2 aliphatic rings. The molecule has 0 atom stereocenters. The monoisotopic (exact) mass is 403 g/mol. The molecule has 2 saturated heterocycles. The summed E-state index contributed by atoms with van der Waals surface area (Å²) in [5.74, 6) is 0. The fourth-order valence-corrected chi connectivity index (χ4v) is 4.52. The summed E-state index contributed by atoms with van der Waals surface area (Å²) in [5.41, 5.74) is 5.76. The number of benzene rings is 2. The summed E-state index contributed by atoms with van der Waals surface area (Å²) in [5, 5.41) is 9.62. The highest BCUT2D eigenvalue weighted by molar-refractivity contribution is 5.53. The van der Waals surface area contributed by atoms with Gasteiger partial charge < -0.3 is 9.80 Å². The van der Waals surface area contributed by atoms with Crippen LogP contribution in [0.25, 0.3) is 0 Å². The summed E-state index contributed by atoms with van der Waals surface area (Å²) in [6.07, 6.45) is 2.61. The van der Waals surface area contributed by atoms with E-state index in [1.807, 2.05) is 6.07 Å². The molecule has 2 fully saturated rings. The smallest absolute Gasteiger partial charge is 0.0995 e. The van der Waals surface area contributed by atoms with Crippen molar-refractivity contribution in [1.29, 1.82) is 5.26 Å². The van der Waals surface area contributed by atoms with Gasteiger partial charge in [-0.25, -0.2) is 0 Å².